The van der Waals surface area contributed by atoms with Crippen LogP contribution < -0.4 is 5.32 Å². The van der Waals surface area contributed by atoms with Gasteiger partial charge in [0.2, 0.25) is 5.91 Å². The summed E-state index contributed by atoms with van der Waals surface area (Å²) < 4.78 is 11.9. The summed E-state index contributed by atoms with van der Waals surface area (Å²) in [5.74, 6) is -1.23. The van der Waals surface area contributed by atoms with Crippen molar-refractivity contribution < 1.29 is 9.18 Å². The third-order valence-electron chi connectivity index (χ3n) is 2.33. The molecular formula is C10H7Cl3FNO. The van der Waals surface area contributed by atoms with Crippen LogP contribution in [0, 0.1) is 11.7 Å². The lowest BCUT2D eigenvalue weighted by atomic mass is 10.3. The zero-order valence-corrected chi connectivity index (χ0v) is 10.2. The van der Waals surface area contributed by atoms with E-state index in [4.69, 9.17) is 34.8 Å². The predicted octanol–water partition coefficient (Wildman–Crippen LogP) is 3.61. The molecule has 0 aromatic heterocycles. The molecule has 1 aliphatic rings. The number of alkyl halides is 2. The molecule has 6 heteroatoms. The summed E-state index contributed by atoms with van der Waals surface area (Å²) in [6, 6.07) is 3.94. The van der Waals surface area contributed by atoms with E-state index in [9.17, 15) is 9.18 Å². The summed E-state index contributed by atoms with van der Waals surface area (Å²) >= 11 is 17.1. The Labute approximate surface area is 107 Å². The Morgan fingerprint density at radius 2 is 2.12 bits per heavy atom. The van der Waals surface area contributed by atoms with Gasteiger partial charge in [0, 0.05) is 5.69 Å². The van der Waals surface area contributed by atoms with Crippen LogP contribution in [0.1, 0.15) is 6.42 Å². The van der Waals surface area contributed by atoms with Crippen molar-refractivity contribution in [1.29, 1.82) is 0 Å². The predicted molar refractivity (Wildman–Crippen MR) is 62.6 cm³/mol. The molecule has 0 bridgehead atoms. The molecule has 0 radical (unpaired) electrons. The van der Waals surface area contributed by atoms with E-state index in [0.717, 1.165) is 0 Å². The standard InChI is InChI=1S/C10H7Cl3FNO/c11-7-3-5(1-2-8(7)14)15-9(16)6-4-10(6,12)13/h1-3,6H,4H2,(H,15,16)/t6-/m0/s1. The first-order valence-corrected chi connectivity index (χ1v) is 5.67. The molecule has 1 N–H and O–H groups in total. The highest BCUT2D eigenvalue weighted by atomic mass is 35.5. The first-order chi connectivity index (χ1) is 7.40. The van der Waals surface area contributed by atoms with Crippen molar-refractivity contribution in [3.05, 3.63) is 29.0 Å². The largest absolute Gasteiger partial charge is 0.326 e. The number of carbonyl (C=O) groups is 1. The average molecular weight is 283 g/mol. The third-order valence-corrected chi connectivity index (χ3v) is 3.45. The van der Waals surface area contributed by atoms with Gasteiger partial charge in [-0.05, 0) is 24.6 Å². The second-order valence-corrected chi connectivity index (χ2v) is 5.59. The highest BCUT2D eigenvalue weighted by Crippen LogP contribution is 2.53. The monoisotopic (exact) mass is 281 g/mol. The number of rotatable bonds is 2. The Hall–Kier alpha value is -0.510. The van der Waals surface area contributed by atoms with Crippen LogP contribution in [0.2, 0.25) is 5.02 Å². The van der Waals surface area contributed by atoms with Crippen LogP contribution in [-0.2, 0) is 4.79 Å². The molecule has 0 saturated heterocycles. The summed E-state index contributed by atoms with van der Waals surface area (Å²) in [7, 11) is 0. The Kier molecular flexibility index (Phi) is 3.03. The van der Waals surface area contributed by atoms with Crippen molar-refractivity contribution in [3.63, 3.8) is 0 Å². The van der Waals surface area contributed by atoms with Gasteiger partial charge in [-0.1, -0.05) is 11.6 Å². The number of halogens is 4. The molecular weight excluding hydrogens is 275 g/mol. The molecule has 1 aliphatic carbocycles. The summed E-state index contributed by atoms with van der Waals surface area (Å²) in [6.07, 6.45) is 0.427. The summed E-state index contributed by atoms with van der Waals surface area (Å²) in [6.45, 7) is 0. The number of benzene rings is 1. The molecule has 0 unspecified atom stereocenters. The van der Waals surface area contributed by atoms with Gasteiger partial charge < -0.3 is 5.32 Å². The van der Waals surface area contributed by atoms with Crippen LogP contribution in [-0.4, -0.2) is 10.2 Å². The molecule has 1 amide bonds. The lowest BCUT2D eigenvalue weighted by Crippen LogP contribution is -2.16. The Balaban J connectivity index is 2.05. The van der Waals surface area contributed by atoms with E-state index in [1.54, 1.807) is 0 Å². The first kappa shape index (κ1) is 12.0. The summed E-state index contributed by atoms with van der Waals surface area (Å²) in [5.41, 5.74) is 0.424. The topological polar surface area (TPSA) is 29.1 Å². The number of carbonyl (C=O) groups excluding carboxylic acids is 1. The number of amides is 1. The molecule has 2 nitrogen and oxygen atoms in total. The Morgan fingerprint density at radius 3 is 2.62 bits per heavy atom. The van der Waals surface area contributed by atoms with Crippen LogP contribution >= 0.6 is 34.8 Å². The van der Waals surface area contributed by atoms with Crippen molar-refractivity contribution in [2.75, 3.05) is 5.32 Å². The second kappa shape index (κ2) is 4.06. The maximum Gasteiger partial charge on any atom is 0.230 e. The van der Waals surface area contributed by atoms with Crippen LogP contribution in [0.4, 0.5) is 10.1 Å². The molecule has 1 saturated carbocycles. The highest BCUT2D eigenvalue weighted by molar-refractivity contribution is 6.52. The van der Waals surface area contributed by atoms with Crippen molar-refractivity contribution in [2.45, 2.75) is 10.8 Å². The Morgan fingerprint density at radius 1 is 1.50 bits per heavy atom. The maximum absolute atomic E-state index is 12.8. The van der Waals surface area contributed by atoms with Crippen LogP contribution in [0.15, 0.2) is 18.2 Å². The van der Waals surface area contributed by atoms with Crippen molar-refractivity contribution in [1.82, 2.24) is 0 Å². The fraction of sp³-hybridized carbons (Fsp3) is 0.300. The zero-order valence-electron chi connectivity index (χ0n) is 7.94. The van der Waals surface area contributed by atoms with Crippen LogP contribution in [0.5, 0.6) is 0 Å². The van der Waals surface area contributed by atoms with Crippen LogP contribution in [0.3, 0.4) is 0 Å². The first-order valence-electron chi connectivity index (χ1n) is 4.54. The van der Waals surface area contributed by atoms with Gasteiger partial charge in [0.1, 0.15) is 10.2 Å². The molecule has 0 heterocycles. The van der Waals surface area contributed by atoms with Gasteiger partial charge >= 0.3 is 0 Å². The third kappa shape index (κ3) is 2.42. The lowest BCUT2D eigenvalue weighted by molar-refractivity contribution is -0.117. The Bertz CT molecular complexity index is 450. The van der Waals surface area contributed by atoms with Gasteiger partial charge in [-0.3, -0.25) is 4.79 Å². The number of hydrogen-bond acceptors (Lipinski definition) is 1. The SMILES string of the molecule is O=C(Nc1ccc(F)c(Cl)c1)[C@@H]1CC1(Cl)Cl. The number of hydrogen-bond donors (Lipinski definition) is 1. The summed E-state index contributed by atoms with van der Waals surface area (Å²) in [4.78, 5) is 11.6. The average Bonchev–Trinajstić information content (AvgIpc) is 2.82. The molecule has 0 spiro atoms. The fourth-order valence-corrected chi connectivity index (χ4v) is 1.99. The molecule has 16 heavy (non-hydrogen) atoms. The van der Waals surface area contributed by atoms with Gasteiger partial charge in [-0.15, -0.1) is 23.2 Å². The van der Waals surface area contributed by atoms with Gasteiger partial charge in [0.05, 0.1) is 10.9 Å². The molecule has 1 fully saturated rings. The second-order valence-electron chi connectivity index (χ2n) is 3.64. The molecule has 0 aliphatic heterocycles. The van der Waals surface area contributed by atoms with Gasteiger partial charge in [-0.2, -0.15) is 0 Å². The van der Waals surface area contributed by atoms with E-state index < -0.39 is 16.1 Å². The zero-order chi connectivity index (χ0) is 11.9. The minimum atomic E-state index is -0.964. The van der Waals surface area contributed by atoms with Crippen molar-refractivity contribution in [2.24, 2.45) is 5.92 Å². The van der Waals surface area contributed by atoms with Crippen molar-refractivity contribution in [3.8, 4) is 0 Å². The maximum atomic E-state index is 12.8. The minimum Gasteiger partial charge on any atom is -0.326 e. The van der Waals surface area contributed by atoms with Crippen molar-refractivity contribution >= 4 is 46.4 Å². The number of anilines is 1. The molecule has 1 aromatic rings. The van der Waals surface area contributed by atoms with E-state index in [1.807, 2.05) is 0 Å². The van der Waals surface area contributed by atoms with Gasteiger partial charge in [0.25, 0.3) is 0 Å². The van der Waals surface area contributed by atoms with E-state index in [0.29, 0.717) is 12.1 Å². The van der Waals surface area contributed by atoms with E-state index in [-0.39, 0.29) is 10.9 Å². The molecule has 1 atom stereocenters. The van der Waals surface area contributed by atoms with Gasteiger partial charge in [0.15, 0.2) is 0 Å². The van der Waals surface area contributed by atoms with E-state index >= 15 is 0 Å². The normalized spacial score (nSPS) is 21.6. The quantitative estimate of drug-likeness (QED) is 0.825. The minimum absolute atomic E-state index is 0.0448. The van der Waals surface area contributed by atoms with E-state index in [2.05, 4.69) is 5.32 Å². The lowest BCUT2D eigenvalue weighted by Gasteiger charge is -2.05. The summed E-state index contributed by atoms with van der Waals surface area (Å²) in [5, 5.41) is 2.52. The molecule has 86 valence electrons. The highest BCUT2D eigenvalue weighted by Gasteiger charge is 2.56. The molecule has 1 aromatic carbocycles. The van der Waals surface area contributed by atoms with Gasteiger partial charge in [-0.25, -0.2) is 4.39 Å². The smallest absolute Gasteiger partial charge is 0.230 e. The molecule has 2 rings (SSSR count). The number of nitrogens with one attached hydrogen (secondary N) is 1. The fourth-order valence-electron chi connectivity index (χ4n) is 1.30. The van der Waals surface area contributed by atoms with E-state index in [1.165, 1.54) is 18.2 Å². The van der Waals surface area contributed by atoms with Crippen LogP contribution in [0.25, 0.3) is 0 Å².